The Hall–Kier alpha value is -3.55. The predicted molar refractivity (Wildman–Crippen MR) is 130 cm³/mol. The molecule has 3 aromatic carbocycles. The fourth-order valence-corrected chi connectivity index (χ4v) is 4.35. The molecule has 3 aromatic rings. The van der Waals surface area contributed by atoms with Crippen LogP contribution in [0.15, 0.2) is 66.2 Å². The normalized spacial score (nSPS) is 17.1. The lowest BCUT2D eigenvalue weighted by Gasteiger charge is -2.26. The lowest BCUT2D eigenvalue weighted by Crippen LogP contribution is -2.29. The van der Waals surface area contributed by atoms with Gasteiger partial charge in [0.1, 0.15) is 23.1 Å². The van der Waals surface area contributed by atoms with Crippen LogP contribution in [0.1, 0.15) is 29.7 Å². The number of rotatable bonds is 6. The minimum Gasteiger partial charge on any atom is -0.507 e. The largest absolute Gasteiger partial charge is 0.507 e. The lowest BCUT2D eigenvalue weighted by molar-refractivity contribution is -0.140. The van der Waals surface area contributed by atoms with Gasteiger partial charge in [0.15, 0.2) is 0 Å². The molecule has 1 aliphatic rings. The Kier molecular flexibility index (Phi) is 7.00. The van der Waals surface area contributed by atoms with Crippen molar-refractivity contribution in [2.75, 3.05) is 6.61 Å². The van der Waals surface area contributed by atoms with Gasteiger partial charge in [0.05, 0.1) is 28.3 Å². The second kappa shape index (κ2) is 9.98. The van der Waals surface area contributed by atoms with Crippen molar-refractivity contribution in [1.29, 1.82) is 0 Å². The molecule has 0 bridgehead atoms. The molecule has 0 spiro atoms. The smallest absolute Gasteiger partial charge is 0.295 e. The molecule has 1 fully saturated rings. The molecule has 180 valence electrons. The van der Waals surface area contributed by atoms with Gasteiger partial charge in [-0.1, -0.05) is 41.4 Å². The molecule has 1 amide bonds. The summed E-state index contributed by atoms with van der Waals surface area (Å²) in [5, 5.41) is 21.3. The quantitative estimate of drug-likeness (QED) is 0.244. The molecule has 1 heterocycles. The van der Waals surface area contributed by atoms with Gasteiger partial charge in [-0.25, -0.2) is 4.39 Å². The van der Waals surface area contributed by atoms with Crippen LogP contribution < -0.4 is 4.74 Å². The molecular formula is C26H20Cl2FNO5. The first-order chi connectivity index (χ1) is 16.7. The number of halogens is 3. The molecule has 0 radical (unpaired) electrons. The highest BCUT2D eigenvalue weighted by atomic mass is 35.5. The van der Waals surface area contributed by atoms with E-state index in [0.29, 0.717) is 23.5 Å². The first-order valence-corrected chi connectivity index (χ1v) is 11.4. The number of benzene rings is 3. The average molecular weight is 516 g/mol. The first-order valence-electron chi connectivity index (χ1n) is 10.6. The Morgan fingerprint density at radius 1 is 1.03 bits per heavy atom. The maximum absolute atomic E-state index is 13.4. The number of phenolic OH excluding ortho intramolecular Hbond substituents is 1. The van der Waals surface area contributed by atoms with E-state index in [-0.39, 0.29) is 33.5 Å². The number of Topliss-reactive ketones (excluding diaryl/α,β-unsaturated/α-hetero) is 1. The second-order valence-electron chi connectivity index (χ2n) is 7.84. The van der Waals surface area contributed by atoms with Crippen molar-refractivity contribution >= 4 is 40.7 Å². The number of likely N-dealkylation sites (tertiary alicyclic amines) is 1. The summed E-state index contributed by atoms with van der Waals surface area (Å²) in [6.07, 6.45) is 0. The molecule has 6 nitrogen and oxygen atoms in total. The molecule has 0 aromatic heterocycles. The zero-order chi connectivity index (χ0) is 25.3. The van der Waals surface area contributed by atoms with Crippen molar-refractivity contribution in [2.24, 2.45) is 0 Å². The number of phenols is 1. The molecule has 35 heavy (non-hydrogen) atoms. The monoisotopic (exact) mass is 515 g/mol. The number of aliphatic hydroxyl groups excluding tert-OH is 1. The minimum atomic E-state index is -1.05. The lowest BCUT2D eigenvalue weighted by atomic mass is 9.95. The fourth-order valence-electron chi connectivity index (χ4n) is 3.96. The molecule has 9 heteroatoms. The van der Waals surface area contributed by atoms with Gasteiger partial charge in [-0.05, 0) is 60.5 Å². The third-order valence-corrected chi connectivity index (χ3v) is 6.23. The molecular weight excluding hydrogens is 496 g/mol. The number of carbonyl (C=O) groups excluding carboxylic acids is 2. The van der Waals surface area contributed by atoms with Crippen molar-refractivity contribution in [1.82, 2.24) is 4.90 Å². The maximum Gasteiger partial charge on any atom is 0.295 e. The topological polar surface area (TPSA) is 87.1 Å². The van der Waals surface area contributed by atoms with E-state index in [4.69, 9.17) is 27.9 Å². The Morgan fingerprint density at radius 3 is 2.40 bits per heavy atom. The summed E-state index contributed by atoms with van der Waals surface area (Å²) in [5.74, 6) is -2.47. The number of nitrogens with zero attached hydrogens (tertiary/aromatic N) is 1. The molecule has 1 aliphatic heterocycles. The summed E-state index contributed by atoms with van der Waals surface area (Å²) in [6.45, 7) is 2.12. The third kappa shape index (κ3) is 4.83. The maximum atomic E-state index is 13.4. The second-order valence-corrected chi connectivity index (χ2v) is 8.65. The molecule has 1 unspecified atom stereocenters. The highest BCUT2D eigenvalue weighted by Gasteiger charge is 2.46. The van der Waals surface area contributed by atoms with E-state index in [0.717, 1.165) is 0 Å². The molecule has 4 rings (SSSR count). The van der Waals surface area contributed by atoms with Gasteiger partial charge in [-0.15, -0.1) is 0 Å². The van der Waals surface area contributed by atoms with Gasteiger partial charge in [0, 0.05) is 12.1 Å². The van der Waals surface area contributed by atoms with Crippen molar-refractivity contribution in [3.63, 3.8) is 0 Å². The molecule has 2 N–H and O–H groups in total. The number of amides is 1. The average Bonchev–Trinajstić information content (AvgIpc) is 3.08. The number of carbonyl (C=O) groups is 2. The third-order valence-electron chi connectivity index (χ3n) is 5.60. The van der Waals surface area contributed by atoms with E-state index >= 15 is 0 Å². The summed E-state index contributed by atoms with van der Waals surface area (Å²) < 4.78 is 18.9. The molecule has 0 aliphatic carbocycles. The van der Waals surface area contributed by atoms with Crippen molar-refractivity contribution in [3.8, 4) is 11.5 Å². The Morgan fingerprint density at radius 2 is 1.74 bits per heavy atom. The van der Waals surface area contributed by atoms with Crippen molar-refractivity contribution in [3.05, 3.63) is 98.8 Å². The SMILES string of the molecule is CCOc1ccc(Cl)c(/C(O)=C2\C(=O)C(=O)N(Cc3ccc(F)cc3)C2c2ccc(O)c(Cl)c2)c1. The van der Waals surface area contributed by atoms with Crippen LogP contribution in [-0.2, 0) is 16.1 Å². The summed E-state index contributed by atoms with van der Waals surface area (Å²) >= 11 is 12.4. The summed E-state index contributed by atoms with van der Waals surface area (Å²) in [4.78, 5) is 27.6. The van der Waals surface area contributed by atoms with Crippen molar-refractivity contribution in [2.45, 2.75) is 19.5 Å². The predicted octanol–water partition coefficient (Wildman–Crippen LogP) is 5.86. The molecule has 0 saturated carbocycles. The van der Waals surface area contributed by atoms with Gasteiger partial charge in [0.2, 0.25) is 0 Å². The zero-order valence-electron chi connectivity index (χ0n) is 18.5. The van der Waals surface area contributed by atoms with Gasteiger partial charge >= 0.3 is 0 Å². The highest BCUT2D eigenvalue weighted by molar-refractivity contribution is 6.47. The van der Waals surface area contributed by atoms with Gasteiger partial charge in [-0.3, -0.25) is 9.59 Å². The van der Waals surface area contributed by atoms with Crippen LogP contribution in [0, 0.1) is 5.82 Å². The number of aliphatic hydroxyl groups is 1. The van der Waals surface area contributed by atoms with Gasteiger partial charge in [0.25, 0.3) is 11.7 Å². The van der Waals surface area contributed by atoms with Gasteiger partial charge < -0.3 is 19.8 Å². The Labute approximate surface area is 210 Å². The number of hydrogen-bond acceptors (Lipinski definition) is 5. The van der Waals surface area contributed by atoms with Crippen molar-refractivity contribution < 1.29 is 28.9 Å². The van der Waals surface area contributed by atoms with E-state index in [1.807, 2.05) is 0 Å². The Bertz CT molecular complexity index is 1340. The number of ketones is 1. The molecule has 1 saturated heterocycles. The first kappa shape index (κ1) is 24.6. The Balaban J connectivity index is 1.89. The standard InChI is InChI=1S/C26H20Cl2FNO5/c1-2-35-17-8-9-19(27)18(12-17)24(32)22-23(15-5-10-21(31)20(28)11-15)30(26(34)25(22)33)13-14-3-6-16(29)7-4-14/h3-12,23,31-32H,2,13H2,1H3/b24-22+. The van der Waals surface area contributed by atoms with E-state index in [1.165, 1.54) is 59.5 Å². The fraction of sp³-hybridized carbons (Fsp3) is 0.154. The number of hydrogen-bond donors (Lipinski definition) is 2. The summed E-state index contributed by atoms with van der Waals surface area (Å²) in [7, 11) is 0. The van der Waals surface area contributed by atoms with E-state index < -0.39 is 29.3 Å². The van der Waals surface area contributed by atoms with E-state index in [9.17, 15) is 24.2 Å². The van der Waals surface area contributed by atoms with Crippen LogP contribution in [0.5, 0.6) is 11.5 Å². The van der Waals surface area contributed by atoms with Crippen LogP contribution in [0.4, 0.5) is 4.39 Å². The van der Waals surface area contributed by atoms with Crippen LogP contribution in [0.3, 0.4) is 0 Å². The van der Waals surface area contributed by atoms with E-state index in [2.05, 4.69) is 0 Å². The number of aromatic hydroxyl groups is 1. The van der Waals surface area contributed by atoms with E-state index in [1.54, 1.807) is 13.0 Å². The van der Waals surface area contributed by atoms with Crippen LogP contribution in [-0.4, -0.2) is 33.4 Å². The highest BCUT2D eigenvalue weighted by Crippen LogP contribution is 2.43. The van der Waals surface area contributed by atoms with Crippen LogP contribution in [0.25, 0.3) is 5.76 Å². The summed E-state index contributed by atoms with van der Waals surface area (Å²) in [6, 6.07) is 13.3. The van der Waals surface area contributed by atoms with Crippen LogP contribution in [0.2, 0.25) is 10.0 Å². The van der Waals surface area contributed by atoms with Crippen LogP contribution >= 0.6 is 23.2 Å². The summed E-state index contributed by atoms with van der Waals surface area (Å²) in [5.41, 5.74) is 0.869. The van der Waals surface area contributed by atoms with Gasteiger partial charge in [-0.2, -0.15) is 0 Å². The minimum absolute atomic E-state index is 0.00578. The number of ether oxygens (including phenoxy) is 1. The molecule has 1 atom stereocenters. The zero-order valence-corrected chi connectivity index (χ0v) is 20.0.